The standard InChI is InChI=1S/C18H28N6O/c19-18(21-9-4-10-24-11-13-25-14-12-24)20-8-3-7-17-22-15-5-1-2-6-16(15)23-17/h1-2,5-6H,3-4,7-14H2,(H,22,23)(H3,19,20,21). The van der Waals surface area contributed by atoms with Gasteiger partial charge in [-0.25, -0.2) is 4.98 Å². The first kappa shape index (κ1) is 17.7. The maximum absolute atomic E-state index is 5.92. The van der Waals surface area contributed by atoms with Crippen molar-refractivity contribution in [2.45, 2.75) is 19.3 Å². The average molecular weight is 344 g/mol. The largest absolute Gasteiger partial charge is 0.379 e. The van der Waals surface area contributed by atoms with Crippen LogP contribution in [0, 0.1) is 0 Å². The van der Waals surface area contributed by atoms with Gasteiger partial charge in [0.05, 0.1) is 24.2 Å². The third kappa shape index (κ3) is 5.72. The van der Waals surface area contributed by atoms with Gasteiger partial charge in [0.2, 0.25) is 0 Å². The highest BCUT2D eigenvalue weighted by molar-refractivity contribution is 5.77. The fraction of sp³-hybridized carbons (Fsp3) is 0.556. The molecule has 7 nitrogen and oxygen atoms in total. The fourth-order valence-electron chi connectivity index (χ4n) is 2.97. The fourth-order valence-corrected chi connectivity index (χ4v) is 2.97. The lowest BCUT2D eigenvalue weighted by Crippen LogP contribution is -2.39. The summed E-state index contributed by atoms with van der Waals surface area (Å²) in [6.07, 6.45) is 2.87. The van der Waals surface area contributed by atoms with E-state index in [1.54, 1.807) is 0 Å². The number of nitrogens with two attached hydrogens (primary N) is 1. The van der Waals surface area contributed by atoms with Gasteiger partial charge in [-0.3, -0.25) is 9.89 Å². The molecular formula is C18H28N6O. The molecule has 1 aliphatic rings. The number of hydrogen-bond donors (Lipinski definition) is 3. The zero-order valence-electron chi connectivity index (χ0n) is 14.7. The van der Waals surface area contributed by atoms with Crippen LogP contribution in [0.15, 0.2) is 29.3 Å². The third-order valence-electron chi connectivity index (χ3n) is 4.35. The van der Waals surface area contributed by atoms with Gasteiger partial charge >= 0.3 is 0 Å². The molecule has 136 valence electrons. The number of fused-ring (bicyclic) bond motifs is 1. The average Bonchev–Trinajstić information content (AvgIpc) is 3.06. The van der Waals surface area contributed by atoms with Crippen LogP contribution < -0.4 is 11.1 Å². The summed E-state index contributed by atoms with van der Waals surface area (Å²) in [6, 6.07) is 8.08. The molecule has 1 aromatic heterocycles. The van der Waals surface area contributed by atoms with E-state index in [9.17, 15) is 0 Å². The van der Waals surface area contributed by atoms with Crippen LogP contribution in [0.4, 0.5) is 0 Å². The number of ether oxygens (including phenoxy) is 1. The molecule has 7 heteroatoms. The molecule has 4 N–H and O–H groups in total. The maximum Gasteiger partial charge on any atom is 0.188 e. The summed E-state index contributed by atoms with van der Waals surface area (Å²) in [6.45, 7) is 6.41. The van der Waals surface area contributed by atoms with Crippen LogP contribution in [0.5, 0.6) is 0 Å². The van der Waals surface area contributed by atoms with E-state index in [1.165, 1.54) is 0 Å². The lowest BCUT2D eigenvalue weighted by Gasteiger charge is -2.26. The SMILES string of the molecule is NC(=NCCCc1nc2ccccc2[nH]1)NCCCN1CCOCC1. The van der Waals surface area contributed by atoms with Gasteiger partial charge in [0, 0.05) is 32.6 Å². The van der Waals surface area contributed by atoms with Gasteiger partial charge < -0.3 is 20.8 Å². The summed E-state index contributed by atoms with van der Waals surface area (Å²) in [5.74, 6) is 1.54. The van der Waals surface area contributed by atoms with Crippen LogP contribution >= 0.6 is 0 Å². The molecule has 3 rings (SSSR count). The first-order valence-corrected chi connectivity index (χ1v) is 9.09. The number of morpholine rings is 1. The molecule has 25 heavy (non-hydrogen) atoms. The maximum atomic E-state index is 5.92. The van der Waals surface area contributed by atoms with E-state index in [2.05, 4.69) is 25.2 Å². The number of rotatable bonds is 8. The van der Waals surface area contributed by atoms with Gasteiger partial charge in [0.1, 0.15) is 5.82 Å². The van der Waals surface area contributed by atoms with Crippen molar-refractivity contribution >= 4 is 17.0 Å². The molecule has 2 aromatic rings. The van der Waals surface area contributed by atoms with Crippen molar-refractivity contribution in [3.8, 4) is 0 Å². The highest BCUT2D eigenvalue weighted by Gasteiger charge is 2.09. The Labute approximate surface area is 148 Å². The molecule has 0 atom stereocenters. The van der Waals surface area contributed by atoms with Gasteiger partial charge in [-0.2, -0.15) is 0 Å². The van der Waals surface area contributed by atoms with E-state index >= 15 is 0 Å². The molecule has 1 saturated heterocycles. The van der Waals surface area contributed by atoms with Crippen molar-refractivity contribution in [2.24, 2.45) is 10.7 Å². The van der Waals surface area contributed by atoms with E-state index < -0.39 is 0 Å². The van der Waals surface area contributed by atoms with Crippen molar-refractivity contribution in [3.63, 3.8) is 0 Å². The first-order valence-electron chi connectivity index (χ1n) is 9.09. The lowest BCUT2D eigenvalue weighted by molar-refractivity contribution is 0.0376. The predicted octanol–water partition coefficient (Wildman–Crippen LogP) is 1.12. The van der Waals surface area contributed by atoms with Gasteiger partial charge in [-0.15, -0.1) is 0 Å². The molecule has 0 aliphatic carbocycles. The molecule has 0 amide bonds. The minimum absolute atomic E-state index is 0.534. The Kier molecular flexibility index (Phi) is 6.64. The van der Waals surface area contributed by atoms with Crippen LogP contribution in [0.3, 0.4) is 0 Å². The van der Waals surface area contributed by atoms with Gasteiger partial charge in [0.25, 0.3) is 0 Å². The summed E-state index contributed by atoms with van der Waals surface area (Å²) in [5.41, 5.74) is 8.02. The Morgan fingerprint density at radius 1 is 1.28 bits per heavy atom. The number of nitrogens with one attached hydrogen (secondary N) is 2. The number of hydrogen-bond acceptors (Lipinski definition) is 4. The number of H-pyrrole nitrogens is 1. The smallest absolute Gasteiger partial charge is 0.188 e. The molecule has 0 spiro atoms. The molecule has 1 aliphatic heterocycles. The molecular weight excluding hydrogens is 316 g/mol. The minimum Gasteiger partial charge on any atom is -0.379 e. The molecule has 0 bridgehead atoms. The topological polar surface area (TPSA) is 91.6 Å². The number of para-hydroxylation sites is 2. The number of aliphatic imine (C=N–C) groups is 1. The van der Waals surface area contributed by atoms with E-state index in [-0.39, 0.29) is 0 Å². The van der Waals surface area contributed by atoms with Crippen LogP contribution in [-0.2, 0) is 11.2 Å². The Morgan fingerprint density at radius 3 is 2.96 bits per heavy atom. The molecule has 2 heterocycles. The van der Waals surface area contributed by atoms with E-state index in [0.717, 1.165) is 75.5 Å². The van der Waals surface area contributed by atoms with Gasteiger partial charge in [-0.1, -0.05) is 12.1 Å². The second-order valence-electron chi connectivity index (χ2n) is 6.31. The van der Waals surface area contributed by atoms with Crippen LogP contribution in [0.1, 0.15) is 18.7 Å². The Balaban J connectivity index is 1.29. The number of aryl methyl sites for hydroxylation is 1. The normalized spacial score (nSPS) is 16.4. The zero-order valence-corrected chi connectivity index (χ0v) is 14.7. The zero-order chi connectivity index (χ0) is 17.3. The first-order chi connectivity index (χ1) is 12.3. The molecule has 0 saturated carbocycles. The van der Waals surface area contributed by atoms with Crippen LogP contribution in [-0.4, -0.2) is 66.8 Å². The highest BCUT2D eigenvalue weighted by Crippen LogP contribution is 2.11. The third-order valence-corrected chi connectivity index (χ3v) is 4.35. The summed E-state index contributed by atoms with van der Waals surface area (Å²) in [5, 5.41) is 3.19. The number of guanidine groups is 1. The van der Waals surface area contributed by atoms with Crippen molar-refractivity contribution in [3.05, 3.63) is 30.1 Å². The van der Waals surface area contributed by atoms with E-state index in [1.807, 2.05) is 24.3 Å². The second kappa shape index (κ2) is 9.39. The number of aromatic amines is 1. The molecule has 1 aromatic carbocycles. The summed E-state index contributed by atoms with van der Waals surface area (Å²) in [4.78, 5) is 14.7. The summed E-state index contributed by atoms with van der Waals surface area (Å²) >= 11 is 0. The number of imidazole rings is 1. The Morgan fingerprint density at radius 2 is 2.12 bits per heavy atom. The molecule has 0 unspecified atom stereocenters. The highest BCUT2D eigenvalue weighted by atomic mass is 16.5. The minimum atomic E-state index is 0.534. The van der Waals surface area contributed by atoms with Gasteiger partial charge in [-0.05, 0) is 31.5 Å². The quantitative estimate of drug-likeness (QED) is 0.379. The monoisotopic (exact) mass is 344 g/mol. The van der Waals surface area contributed by atoms with Crippen molar-refractivity contribution in [2.75, 3.05) is 45.9 Å². The van der Waals surface area contributed by atoms with Gasteiger partial charge in [0.15, 0.2) is 5.96 Å². The van der Waals surface area contributed by atoms with Crippen LogP contribution in [0.2, 0.25) is 0 Å². The van der Waals surface area contributed by atoms with E-state index in [0.29, 0.717) is 12.5 Å². The summed E-state index contributed by atoms with van der Waals surface area (Å²) < 4.78 is 5.35. The van der Waals surface area contributed by atoms with E-state index in [4.69, 9.17) is 10.5 Å². The molecule has 1 fully saturated rings. The number of benzene rings is 1. The Bertz CT molecular complexity index is 644. The summed E-state index contributed by atoms with van der Waals surface area (Å²) in [7, 11) is 0. The number of nitrogens with zero attached hydrogens (tertiary/aromatic N) is 3. The lowest BCUT2D eigenvalue weighted by atomic mass is 10.3. The van der Waals surface area contributed by atoms with Crippen molar-refractivity contribution < 1.29 is 4.74 Å². The number of aromatic nitrogens is 2. The van der Waals surface area contributed by atoms with Crippen molar-refractivity contribution in [1.82, 2.24) is 20.2 Å². The van der Waals surface area contributed by atoms with Crippen molar-refractivity contribution in [1.29, 1.82) is 0 Å². The predicted molar refractivity (Wildman–Crippen MR) is 101 cm³/mol. The van der Waals surface area contributed by atoms with Crippen LogP contribution in [0.25, 0.3) is 11.0 Å². The second-order valence-corrected chi connectivity index (χ2v) is 6.31. The molecule has 0 radical (unpaired) electrons. The Hall–Kier alpha value is -2.12.